The van der Waals surface area contributed by atoms with E-state index in [-0.39, 0.29) is 6.04 Å². The van der Waals surface area contributed by atoms with Crippen LogP contribution in [0.15, 0.2) is 57.5 Å². The minimum absolute atomic E-state index is 0.276. The van der Waals surface area contributed by atoms with Crippen LogP contribution in [0.4, 0.5) is 0 Å². The first kappa shape index (κ1) is 15.2. The highest BCUT2D eigenvalue weighted by Gasteiger charge is 2.26. The molecule has 0 radical (unpaired) electrons. The van der Waals surface area contributed by atoms with Crippen molar-refractivity contribution in [2.24, 2.45) is 0 Å². The Kier molecular flexibility index (Phi) is 5.11. The van der Waals surface area contributed by atoms with Gasteiger partial charge in [-0.1, -0.05) is 68.3 Å². The van der Waals surface area contributed by atoms with Gasteiger partial charge < -0.3 is 5.32 Å². The monoisotopic (exact) mass is 408 g/mol. The van der Waals surface area contributed by atoms with Crippen LogP contribution in [-0.4, -0.2) is 31.1 Å². The summed E-state index contributed by atoms with van der Waals surface area (Å²) >= 11 is 7.46. The summed E-state index contributed by atoms with van der Waals surface area (Å²) in [5.74, 6) is 0. The zero-order chi connectivity index (χ0) is 14.7. The Morgan fingerprint density at radius 3 is 1.76 bits per heavy atom. The second kappa shape index (κ2) is 7.05. The van der Waals surface area contributed by atoms with Crippen molar-refractivity contribution in [3.05, 3.63) is 68.6 Å². The molecule has 2 aromatic carbocycles. The zero-order valence-corrected chi connectivity index (χ0v) is 14.9. The number of piperazine rings is 1. The lowest BCUT2D eigenvalue weighted by Crippen LogP contribution is -2.45. The molecule has 1 fully saturated rings. The third-order valence-electron chi connectivity index (χ3n) is 3.92. The van der Waals surface area contributed by atoms with Crippen LogP contribution in [0.2, 0.25) is 0 Å². The highest BCUT2D eigenvalue weighted by atomic mass is 79.9. The molecule has 0 bridgehead atoms. The van der Waals surface area contributed by atoms with Crippen LogP contribution in [0.5, 0.6) is 0 Å². The highest BCUT2D eigenvalue weighted by Crippen LogP contribution is 2.36. The van der Waals surface area contributed by atoms with Gasteiger partial charge in [0.15, 0.2) is 0 Å². The van der Waals surface area contributed by atoms with Gasteiger partial charge in [0.2, 0.25) is 0 Å². The van der Waals surface area contributed by atoms with Gasteiger partial charge in [-0.3, -0.25) is 4.90 Å². The van der Waals surface area contributed by atoms with E-state index in [1.807, 2.05) is 0 Å². The molecule has 21 heavy (non-hydrogen) atoms. The van der Waals surface area contributed by atoms with Crippen molar-refractivity contribution < 1.29 is 0 Å². The molecule has 110 valence electrons. The number of rotatable bonds is 3. The summed E-state index contributed by atoms with van der Waals surface area (Å²) in [5, 5.41) is 3.44. The average Bonchev–Trinajstić information content (AvgIpc) is 2.52. The molecule has 0 saturated carbocycles. The van der Waals surface area contributed by atoms with Gasteiger partial charge in [0.25, 0.3) is 0 Å². The van der Waals surface area contributed by atoms with Crippen molar-refractivity contribution in [3.8, 4) is 0 Å². The van der Waals surface area contributed by atoms with Crippen molar-refractivity contribution in [2.75, 3.05) is 26.2 Å². The van der Waals surface area contributed by atoms with Crippen LogP contribution in [0, 0.1) is 0 Å². The fourth-order valence-corrected chi connectivity index (χ4v) is 3.90. The molecule has 0 spiro atoms. The van der Waals surface area contributed by atoms with Crippen molar-refractivity contribution in [2.45, 2.75) is 6.04 Å². The van der Waals surface area contributed by atoms with Crippen LogP contribution in [0.1, 0.15) is 17.2 Å². The third kappa shape index (κ3) is 3.39. The van der Waals surface area contributed by atoms with Crippen molar-refractivity contribution in [1.29, 1.82) is 0 Å². The molecule has 1 aliphatic rings. The standard InChI is InChI=1S/C17H18Br2N2/c18-15-7-3-1-5-13(15)17(21-11-9-20-10-12-21)14-6-2-4-8-16(14)19/h1-8,17,20H,9-12H2. The fourth-order valence-electron chi connectivity index (χ4n) is 2.89. The summed E-state index contributed by atoms with van der Waals surface area (Å²) in [6.07, 6.45) is 0. The second-order valence-electron chi connectivity index (χ2n) is 5.23. The maximum atomic E-state index is 3.73. The molecule has 0 aliphatic carbocycles. The lowest BCUT2D eigenvalue weighted by molar-refractivity contribution is 0.197. The van der Waals surface area contributed by atoms with E-state index in [4.69, 9.17) is 0 Å². The summed E-state index contributed by atoms with van der Waals surface area (Å²) in [4.78, 5) is 2.55. The maximum absolute atomic E-state index is 3.73. The van der Waals surface area contributed by atoms with E-state index in [9.17, 15) is 0 Å². The number of benzene rings is 2. The van der Waals surface area contributed by atoms with Crippen LogP contribution in [0.25, 0.3) is 0 Å². The number of nitrogens with one attached hydrogen (secondary N) is 1. The van der Waals surface area contributed by atoms with Gasteiger partial charge in [-0.25, -0.2) is 0 Å². The number of nitrogens with zero attached hydrogens (tertiary/aromatic N) is 1. The first-order valence-electron chi connectivity index (χ1n) is 7.21. The van der Waals surface area contributed by atoms with Gasteiger partial charge in [0, 0.05) is 35.1 Å². The topological polar surface area (TPSA) is 15.3 Å². The van der Waals surface area contributed by atoms with Gasteiger partial charge >= 0.3 is 0 Å². The number of hydrogen-bond acceptors (Lipinski definition) is 2. The Hall–Kier alpha value is -0.680. The van der Waals surface area contributed by atoms with Crippen LogP contribution >= 0.6 is 31.9 Å². The summed E-state index contributed by atoms with van der Waals surface area (Å²) in [5.41, 5.74) is 2.65. The molecule has 0 aromatic heterocycles. The van der Waals surface area contributed by atoms with E-state index in [2.05, 4.69) is 90.6 Å². The third-order valence-corrected chi connectivity index (χ3v) is 5.36. The van der Waals surface area contributed by atoms with Gasteiger partial charge in [-0.05, 0) is 23.3 Å². The second-order valence-corrected chi connectivity index (χ2v) is 6.94. The summed E-state index contributed by atoms with van der Waals surface area (Å²) in [6, 6.07) is 17.3. The first-order chi connectivity index (χ1) is 10.3. The predicted molar refractivity (Wildman–Crippen MR) is 94.6 cm³/mol. The zero-order valence-electron chi connectivity index (χ0n) is 11.7. The number of halogens is 2. The Morgan fingerprint density at radius 1 is 0.810 bits per heavy atom. The van der Waals surface area contributed by atoms with Crippen molar-refractivity contribution >= 4 is 31.9 Å². The molecule has 3 rings (SSSR count). The summed E-state index contributed by atoms with van der Waals surface area (Å²) in [6.45, 7) is 4.22. The van der Waals surface area contributed by atoms with Gasteiger partial charge in [0.1, 0.15) is 0 Å². The molecule has 0 atom stereocenters. The van der Waals surface area contributed by atoms with Gasteiger partial charge in [0.05, 0.1) is 6.04 Å². The van der Waals surface area contributed by atoms with E-state index >= 15 is 0 Å². The summed E-state index contributed by atoms with van der Waals surface area (Å²) < 4.78 is 2.34. The molecule has 2 aromatic rings. The SMILES string of the molecule is Brc1ccccc1C(c1ccccc1Br)N1CCNCC1. The molecule has 0 amide bonds. The lowest BCUT2D eigenvalue weighted by atomic mass is 9.96. The van der Waals surface area contributed by atoms with E-state index in [0.29, 0.717) is 0 Å². The molecule has 2 nitrogen and oxygen atoms in total. The maximum Gasteiger partial charge on any atom is 0.0624 e. The molecule has 4 heteroatoms. The molecule has 0 unspecified atom stereocenters. The van der Waals surface area contributed by atoms with E-state index in [0.717, 1.165) is 26.2 Å². The van der Waals surface area contributed by atoms with E-state index in [1.54, 1.807) is 0 Å². The van der Waals surface area contributed by atoms with Gasteiger partial charge in [-0.2, -0.15) is 0 Å². The molecule has 1 aliphatic heterocycles. The van der Waals surface area contributed by atoms with Crippen LogP contribution in [-0.2, 0) is 0 Å². The quantitative estimate of drug-likeness (QED) is 0.816. The normalized spacial score (nSPS) is 16.3. The smallest absolute Gasteiger partial charge is 0.0624 e. The van der Waals surface area contributed by atoms with Crippen molar-refractivity contribution in [1.82, 2.24) is 10.2 Å². The van der Waals surface area contributed by atoms with Crippen LogP contribution < -0.4 is 5.32 Å². The molecular weight excluding hydrogens is 392 g/mol. The summed E-state index contributed by atoms with van der Waals surface area (Å²) in [7, 11) is 0. The Bertz CT molecular complexity index is 564. The number of hydrogen-bond donors (Lipinski definition) is 1. The first-order valence-corrected chi connectivity index (χ1v) is 8.79. The Morgan fingerprint density at radius 2 is 1.29 bits per heavy atom. The molecular formula is C17H18Br2N2. The Labute approximate surface area is 142 Å². The van der Waals surface area contributed by atoms with Crippen molar-refractivity contribution in [3.63, 3.8) is 0 Å². The molecule has 1 saturated heterocycles. The van der Waals surface area contributed by atoms with E-state index < -0.39 is 0 Å². The minimum Gasteiger partial charge on any atom is -0.314 e. The minimum atomic E-state index is 0.276. The highest BCUT2D eigenvalue weighted by molar-refractivity contribution is 9.10. The largest absolute Gasteiger partial charge is 0.314 e. The molecule has 1 heterocycles. The van der Waals surface area contributed by atoms with E-state index in [1.165, 1.54) is 20.1 Å². The average molecular weight is 410 g/mol. The lowest BCUT2D eigenvalue weighted by Gasteiger charge is -2.36. The fraction of sp³-hybridized carbons (Fsp3) is 0.294. The van der Waals surface area contributed by atoms with Gasteiger partial charge in [-0.15, -0.1) is 0 Å². The Balaban J connectivity index is 2.07. The predicted octanol–water partition coefficient (Wildman–Crippen LogP) is 4.21. The molecule has 1 N–H and O–H groups in total. The van der Waals surface area contributed by atoms with Crippen LogP contribution in [0.3, 0.4) is 0 Å².